The van der Waals surface area contributed by atoms with Crippen molar-refractivity contribution in [3.63, 3.8) is 0 Å². The van der Waals surface area contributed by atoms with Crippen molar-refractivity contribution in [2.24, 2.45) is 5.73 Å². The Hall–Kier alpha value is -2.73. The number of methoxy groups -OCH3 is 1. The summed E-state index contributed by atoms with van der Waals surface area (Å²) in [6.07, 6.45) is 0. The molecule has 2 aromatic carbocycles. The minimum absolute atomic E-state index is 0.147. The molecule has 3 N–H and O–H groups in total. The molecule has 24 heavy (non-hydrogen) atoms. The topological polar surface area (TPSA) is 90.7 Å². The molecule has 0 aromatic heterocycles. The summed E-state index contributed by atoms with van der Waals surface area (Å²) < 4.78 is 10.6. The summed E-state index contributed by atoms with van der Waals surface area (Å²) in [5, 5.41) is 3.34. The summed E-state index contributed by atoms with van der Waals surface area (Å²) in [7, 11) is 1.44. The van der Waals surface area contributed by atoms with Crippen molar-refractivity contribution in [1.82, 2.24) is 5.32 Å². The van der Waals surface area contributed by atoms with Crippen LogP contribution in [-0.2, 0) is 11.3 Å². The Morgan fingerprint density at radius 1 is 1.17 bits per heavy atom. The second-order valence-electron chi connectivity index (χ2n) is 4.89. The fourth-order valence-electron chi connectivity index (χ4n) is 2.01. The number of amides is 2. The van der Waals surface area contributed by atoms with Crippen molar-refractivity contribution >= 4 is 23.4 Å². The molecule has 2 aromatic rings. The third-order valence-corrected chi connectivity index (χ3v) is 3.47. The Morgan fingerprint density at radius 3 is 2.50 bits per heavy atom. The Kier molecular flexibility index (Phi) is 6.03. The van der Waals surface area contributed by atoms with Crippen molar-refractivity contribution in [2.75, 3.05) is 13.7 Å². The minimum Gasteiger partial charge on any atom is -0.493 e. The fourth-order valence-corrected chi connectivity index (χ4v) is 2.14. The monoisotopic (exact) mass is 348 g/mol. The number of benzene rings is 2. The van der Waals surface area contributed by atoms with Crippen LogP contribution in [0.15, 0.2) is 42.5 Å². The first kappa shape index (κ1) is 17.6. The van der Waals surface area contributed by atoms with Crippen LogP contribution in [-0.4, -0.2) is 25.5 Å². The van der Waals surface area contributed by atoms with Crippen LogP contribution in [0.5, 0.6) is 11.5 Å². The van der Waals surface area contributed by atoms with Crippen LogP contribution < -0.4 is 20.5 Å². The Labute approximate surface area is 144 Å². The maximum atomic E-state index is 11.9. The summed E-state index contributed by atoms with van der Waals surface area (Å²) in [5.41, 5.74) is 6.36. The molecule has 6 nitrogen and oxygen atoms in total. The van der Waals surface area contributed by atoms with Gasteiger partial charge in [-0.15, -0.1) is 0 Å². The van der Waals surface area contributed by atoms with E-state index in [4.69, 9.17) is 26.8 Å². The van der Waals surface area contributed by atoms with E-state index in [2.05, 4.69) is 5.32 Å². The number of primary amides is 1. The van der Waals surface area contributed by atoms with Crippen LogP contribution >= 0.6 is 11.6 Å². The zero-order chi connectivity index (χ0) is 17.5. The van der Waals surface area contributed by atoms with Crippen molar-refractivity contribution < 1.29 is 19.1 Å². The number of rotatable bonds is 7. The molecule has 7 heteroatoms. The first-order chi connectivity index (χ1) is 11.5. The van der Waals surface area contributed by atoms with Gasteiger partial charge in [-0.05, 0) is 29.8 Å². The Morgan fingerprint density at radius 2 is 1.88 bits per heavy atom. The molecular weight excluding hydrogens is 332 g/mol. The van der Waals surface area contributed by atoms with Crippen LogP contribution in [0.3, 0.4) is 0 Å². The van der Waals surface area contributed by atoms with Crippen LogP contribution in [0.4, 0.5) is 0 Å². The lowest BCUT2D eigenvalue weighted by Crippen LogP contribution is -2.29. The first-order valence-corrected chi connectivity index (χ1v) is 7.50. The third-order valence-electron chi connectivity index (χ3n) is 3.21. The molecule has 0 saturated heterocycles. The molecule has 2 rings (SSSR count). The lowest BCUT2D eigenvalue weighted by molar-refractivity contribution is -0.123. The van der Waals surface area contributed by atoms with Crippen LogP contribution in [0.1, 0.15) is 15.9 Å². The number of para-hydroxylation sites is 1. The van der Waals surface area contributed by atoms with Gasteiger partial charge in [-0.25, -0.2) is 0 Å². The normalized spacial score (nSPS) is 10.1. The van der Waals surface area contributed by atoms with Crippen molar-refractivity contribution in [1.29, 1.82) is 0 Å². The summed E-state index contributed by atoms with van der Waals surface area (Å²) >= 11 is 5.80. The molecule has 0 saturated carbocycles. The largest absolute Gasteiger partial charge is 0.493 e. The molecule has 0 fully saturated rings. The quantitative estimate of drug-likeness (QED) is 0.802. The van der Waals surface area contributed by atoms with Gasteiger partial charge in [0.1, 0.15) is 0 Å². The molecule has 0 spiro atoms. The minimum atomic E-state index is -0.662. The van der Waals surface area contributed by atoms with E-state index in [0.29, 0.717) is 17.3 Å². The zero-order valence-electron chi connectivity index (χ0n) is 13.0. The van der Waals surface area contributed by atoms with Crippen molar-refractivity contribution in [3.05, 3.63) is 58.6 Å². The molecule has 2 amide bonds. The van der Waals surface area contributed by atoms with Gasteiger partial charge in [-0.3, -0.25) is 9.59 Å². The van der Waals surface area contributed by atoms with E-state index in [0.717, 1.165) is 5.56 Å². The standard InChI is InChI=1S/C17H17ClN2O4/c1-23-14-4-2-3-13(17(19)22)16(14)24-10-15(21)20-9-11-5-7-12(18)8-6-11/h2-8H,9-10H2,1H3,(H2,19,22)(H,20,21). The van der Waals surface area contributed by atoms with Gasteiger partial charge in [-0.1, -0.05) is 29.8 Å². The predicted molar refractivity (Wildman–Crippen MR) is 90.3 cm³/mol. The van der Waals surface area contributed by atoms with Crippen molar-refractivity contribution in [3.8, 4) is 11.5 Å². The average Bonchev–Trinajstić information content (AvgIpc) is 2.58. The highest BCUT2D eigenvalue weighted by Gasteiger charge is 2.16. The molecule has 126 valence electrons. The highest BCUT2D eigenvalue weighted by molar-refractivity contribution is 6.30. The van der Waals surface area contributed by atoms with Crippen LogP contribution in [0, 0.1) is 0 Å². The van der Waals surface area contributed by atoms with Gasteiger partial charge < -0.3 is 20.5 Å². The van der Waals surface area contributed by atoms with Gasteiger partial charge >= 0.3 is 0 Å². The number of carbonyl (C=O) groups is 2. The smallest absolute Gasteiger partial charge is 0.258 e. The summed E-state index contributed by atoms with van der Waals surface area (Å²) in [4.78, 5) is 23.4. The van der Waals surface area contributed by atoms with Crippen LogP contribution in [0.25, 0.3) is 0 Å². The molecule has 0 radical (unpaired) electrons. The van der Waals surface area contributed by atoms with E-state index in [-0.39, 0.29) is 23.8 Å². The SMILES string of the molecule is COc1cccc(C(N)=O)c1OCC(=O)NCc1ccc(Cl)cc1. The highest BCUT2D eigenvalue weighted by Crippen LogP contribution is 2.30. The molecule has 0 aliphatic carbocycles. The maximum absolute atomic E-state index is 11.9. The maximum Gasteiger partial charge on any atom is 0.258 e. The van der Waals surface area contributed by atoms with Gasteiger partial charge in [0.15, 0.2) is 18.1 Å². The lowest BCUT2D eigenvalue weighted by Gasteiger charge is -2.13. The van der Waals surface area contributed by atoms with E-state index in [9.17, 15) is 9.59 Å². The first-order valence-electron chi connectivity index (χ1n) is 7.12. The number of halogens is 1. The van der Waals surface area contributed by atoms with Gasteiger partial charge in [0, 0.05) is 11.6 Å². The molecule has 0 aliphatic heterocycles. The number of nitrogens with one attached hydrogen (secondary N) is 1. The zero-order valence-corrected chi connectivity index (χ0v) is 13.8. The number of hydrogen-bond donors (Lipinski definition) is 2. The molecule has 0 aliphatic rings. The highest BCUT2D eigenvalue weighted by atomic mass is 35.5. The van der Waals surface area contributed by atoms with E-state index in [1.54, 1.807) is 24.3 Å². The fraction of sp³-hybridized carbons (Fsp3) is 0.176. The number of carbonyl (C=O) groups excluding carboxylic acids is 2. The molecule has 0 bridgehead atoms. The lowest BCUT2D eigenvalue weighted by atomic mass is 10.2. The molecular formula is C17H17ClN2O4. The summed E-state index contributed by atoms with van der Waals surface area (Å²) in [6, 6.07) is 11.9. The van der Waals surface area contributed by atoms with Gasteiger partial charge in [0.2, 0.25) is 0 Å². The molecule has 0 heterocycles. The van der Waals surface area contributed by atoms with Crippen LogP contribution in [0.2, 0.25) is 5.02 Å². The molecule has 0 unspecified atom stereocenters. The average molecular weight is 349 g/mol. The second kappa shape index (κ2) is 8.21. The summed E-state index contributed by atoms with van der Waals surface area (Å²) in [5.74, 6) is -0.525. The number of ether oxygens (including phenoxy) is 2. The third kappa shape index (κ3) is 4.63. The Balaban J connectivity index is 1.96. The Bertz CT molecular complexity index is 732. The van der Waals surface area contributed by atoms with Gasteiger partial charge in [0.25, 0.3) is 11.8 Å². The van der Waals surface area contributed by atoms with Gasteiger partial charge in [-0.2, -0.15) is 0 Å². The molecule has 0 atom stereocenters. The van der Waals surface area contributed by atoms with Gasteiger partial charge in [0.05, 0.1) is 12.7 Å². The number of nitrogens with two attached hydrogens (primary N) is 1. The van der Waals surface area contributed by atoms with Crippen molar-refractivity contribution in [2.45, 2.75) is 6.54 Å². The van der Waals surface area contributed by atoms with E-state index in [1.165, 1.54) is 13.2 Å². The predicted octanol–water partition coefficient (Wildman–Crippen LogP) is 2.14. The van der Waals surface area contributed by atoms with E-state index >= 15 is 0 Å². The number of hydrogen-bond acceptors (Lipinski definition) is 4. The van der Waals surface area contributed by atoms with E-state index < -0.39 is 5.91 Å². The summed E-state index contributed by atoms with van der Waals surface area (Å²) in [6.45, 7) is 0.0716. The van der Waals surface area contributed by atoms with E-state index in [1.807, 2.05) is 12.1 Å². The second-order valence-corrected chi connectivity index (χ2v) is 5.33.